The van der Waals surface area contributed by atoms with Crippen molar-refractivity contribution in [3.05, 3.63) is 23.0 Å². The van der Waals surface area contributed by atoms with Gasteiger partial charge in [-0.3, -0.25) is 4.79 Å². The van der Waals surface area contributed by atoms with Gasteiger partial charge >= 0.3 is 6.18 Å². The molecule has 1 aliphatic rings. The number of nitrogens with zero attached hydrogens (tertiary/aromatic N) is 1. The zero-order chi connectivity index (χ0) is 11.2. The van der Waals surface area contributed by atoms with Crippen LogP contribution in [-0.2, 0) is 13.0 Å². The van der Waals surface area contributed by atoms with E-state index in [9.17, 15) is 18.0 Å². The van der Waals surface area contributed by atoms with E-state index in [2.05, 4.69) is 0 Å². The Morgan fingerprint density at radius 3 is 2.67 bits per heavy atom. The second-order valence-electron chi connectivity index (χ2n) is 3.72. The molecule has 0 N–H and O–H groups in total. The molecule has 5 heteroatoms. The van der Waals surface area contributed by atoms with Gasteiger partial charge in [-0.2, -0.15) is 13.2 Å². The molecule has 0 saturated heterocycles. The Kier molecular flexibility index (Phi) is 2.13. The first-order valence-electron chi connectivity index (χ1n) is 4.72. The van der Waals surface area contributed by atoms with E-state index in [1.54, 1.807) is 11.5 Å². The third-order valence-electron chi connectivity index (χ3n) is 2.77. The summed E-state index contributed by atoms with van der Waals surface area (Å²) in [7, 11) is 0. The smallest absolute Gasteiger partial charge is 0.348 e. The highest BCUT2D eigenvalue weighted by molar-refractivity contribution is 6.01. The van der Waals surface area contributed by atoms with Gasteiger partial charge in [-0.15, -0.1) is 0 Å². The van der Waals surface area contributed by atoms with Gasteiger partial charge in [0.05, 0.1) is 0 Å². The summed E-state index contributed by atoms with van der Waals surface area (Å²) < 4.78 is 38.4. The van der Waals surface area contributed by atoms with Crippen molar-refractivity contribution in [3.8, 4) is 0 Å². The van der Waals surface area contributed by atoms with Crippen molar-refractivity contribution in [2.45, 2.75) is 32.5 Å². The number of alkyl halides is 3. The van der Waals surface area contributed by atoms with E-state index in [0.29, 0.717) is 12.2 Å². The zero-order valence-electron chi connectivity index (χ0n) is 8.19. The van der Waals surface area contributed by atoms with Crippen molar-refractivity contribution in [2.75, 3.05) is 0 Å². The van der Waals surface area contributed by atoms with Crippen LogP contribution in [0.5, 0.6) is 0 Å². The fourth-order valence-electron chi connectivity index (χ4n) is 2.03. The van der Waals surface area contributed by atoms with Gasteiger partial charge < -0.3 is 4.57 Å². The predicted octanol–water partition coefficient (Wildman–Crippen LogP) is 2.49. The van der Waals surface area contributed by atoms with E-state index in [1.807, 2.05) is 0 Å². The highest BCUT2D eigenvalue weighted by Crippen LogP contribution is 2.28. The molecule has 1 aromatic heterocycles. The van der Waals surface area contributed by atoms with Crippen molar-refractivity contribution in [1.29, 1.82) is 0 Å². The number of rotatable bonds is 1. The summed E-state index contributed by atoms with van der Waals surface area (Å²) >= 11 is 0. The molecule has 2 rings (SSSR count). The molecule has 0 unspecified atom stereocenters. The molecule has 2 nitrogen and oxygen atoms in total. The van der Waals surface area contributed by atoms with E-state index < -0.39 is 12.0 Å². The van der Waals surface area contributed by atoms with Gasteiger partial charge in [-0.1, -0.05) is 0 Å². The topological polar surface area (TPSA) is 22.0 Å². The van der Waals surface area contributed by atoms with Crippen molar-refractivity contribution < 1.29 is 18.0 Å². The lowest BCUT2D eigenvalue weighted by Crippen LogP contribution is -2.23. The summed E-state index contributed by atoms with van der Waals surface area (Å²) in [6.07, 6.45) is -3.07. The van der Waals surface area contributed by atoms with Crippen molar-refractivity contribution >= 4 is 5.78 Å². The largest absolute Gasteiger partial charge is 0.454 e. The Hall–Kier alpha value is -1.26. The summed E-state index contributed by atoms with van der Waals surface area (Å²) in [6, 6.07) is 1.37. The molecule has 82 valence electrons. The Bertz CT molecular complexity index is 417. The second-order valence-corrected chi connectivity index (χ2v) is 3.72. The third-order valence-corrected chi connectivity index (χ3v) is 2.77. The summed E-state index contributed by atoms with van der Waals surface area (Å²) in [5, 5.41) is 0. The maximum Gasteiger partial charge on any atom is 0.454 e. The molecule has 1 aliphatic heterocycles. The molecule has 0 bridgehead atoms. The van der Waals surface area contributed by atoms with Crippen molar-refractivity contribution in [3.63, 3.8) is 0 Å². The molecule has 0 aromatic carbocycles. The maximum absolute atomic E-state index is 12.2. The molecule has 0 spiro atoms. The molecule has 0 amide bonds. The van der Waals surface area contributed by atoms with Crippen LogP contribution >= 0.6 is 0 Å². The third kappa shape index (κ3) is 1.56. The number of aromatic nitrogens is 1. The quantitative estimate of drug-likeness (QED) is 0.662. The standard InChI is InChI=1S/C10H10F3NO/c1-6-8(9(15)10(11,12)13)5-7-3-2-4-14(6)7/h5H,2-4H2,1H3. The molecule has 0 radical (unpaired) electrons. The van der Waals surface area contributed by atoms with Crippen LogP contribution in [-0.4, -0.2) is 16.5 Å². The minimum Gasteiger partial charge on any atom is -0.348 e. The summed E-state index contributed by atoms with van der Waals surface area (Å²) in [5.41, 5.74) is 1.07. The Balaban J connectivity index is 2.43. The Morgan fingerprint density at radius 2 is 2.13 bits per heavy atom. The van der Waals surface area contributed by atoms with E-state index >= 15 is 0 Å². The first kappa shape index (κ1) is 10.3. The fourth-order valence-corrected chi connectivity index (χ4v) is 2.03. The first-order chi connectivity index (χ1) is 6.91. The van der Waals surface area contributed by atoms with Gasteiger partial charge in [0.1, 0.15) is 0 Å². The van der Waals surface area contributed by atoms with E-state index in [1.165, 1.54) is 6.07 Å². The van der Waals surface area contributed by atoms with Crippen LogP contribution in [0, 0.1) is 6.92 Å². The van der Waals surface area contributed by atoms with Crippen molar-refractivity contribution in [2.24, 2.45) is 0 Å². The number of aryl methyl sites for hydroxylation is 1. The van der Waals surface area contributed by atoms with Gasteiger partial charge in [0.15, 0.2) is 0 Å². The van der Waals surface area contributed by atoms with E-state index in [0.717, 1.165) is 18.5 Å². The van der Waals surface area contributed by atoms with Crippen LogP contribution in [0.4, 0.5) is 13.2 Å². The fraction of sp³-hybridized carbons (Fsp3) is 0.500. The molecule has 2 heterocycles. The Labute approximate surface area is 84.7 Å². The highest BCUT2D eigenvalue weighted by atomic mass is 19.4. The normalized spacial score (nSPS) is 15.5. The summed E-state index contributed by atoms with van der Waals surface area (Å²) in [4.78, 5) is 11.1. The number of hydrogen-bond donors (Lipinski definition) is 0. The lowest BCUT2D eigenvalue weighted by Gasteiger charge is -2.06. The van der Waals surface area contributed by atoms with E-state index in [-0.39, 0.29) is 5.56 Å². The van der Waals surface area contributed by atoms with Gasteiger partial charge in [0, 0.05) is 23.5 Å². The molecule has 0 fully saturated rings. The number of halogens is 3. The number of ketones is 1. The number of fused-ring (bicyclic) bond motifs is 1. The van der Waals surface area contributed by atoms with E-state index in [4.69, 9.17) is 0 Å². The molecular weight excluding hydrogens is 207 g/mol. The average molecular weight is 217 g/mol. The second kappa shape index (κ2) is 3.12. The van der Waals surface area contributed by atoms with Gasteiger partial charge in [0.25, 0.3) is 5.78 Å². The van der Waals surface area contributed by atoms with Crippen LogP contribution in [0.15, 0.2) is 6.07 Å². The van der Waals surface area contributed by atoms with Gasteiger partial charge in [-0.05, 0) is 25.8 Å². The lowest BCUT2D eigenvalue weighted by molar-refractivity contribution is -0.0885. The minimum absolute atomic E-state index is 0.197. The predicted molar refractivity (Wildman–Crippen MR) is 47.9 cm³/mol. The van der Waals surface area contributed by atoms with Crippen LogP contribution in [0.25, 0.3) is 0 Å². The first-order valence-corrected chi connectivity index (χ1v) is 4.72. The number of carbonyl (C=O) groups is 1. The van der Waals surface area contributed by atoms with Crippen LogP contribution in [0.2, 0.25) is 0 Å². The zero-order valence-corrected chi connectivity index (χ0v) is 8.19. The number of hydrogen-bond acceptors (Lipinski definition) is 1. The average Bonchev–Trinajstić information content (AvgIpc) is 2.66. The van der Waals surface area contributed by atoms with Crippen LogP contribution < -0.4 is 0 Å². The maximum atomic E-state index is 12.2. The van der Waals surface area contributed by atoms with Gasteiger partial charge in [-0.25, -0.2) is 0 Å². The molecule has 15 heavy (non-hydrogen) atoms. The number of carbonyl (C=O) groups excluding carboxylic acids is 1. The molecular formula is C10H10F3NO. The monoisotopic (exact) mass is 217 g/mol. The van der Waals surface area contributed by atoms with Crippen LogP contribution in [0.3, 0.4) is 0 Å². The summed E-state index contributed by atoms with van der Waals surface area (Å²) in [5.74, 6) is -1.73. The number of Topliss-reactive ketones (excluding diaryl/α,β-unsaturated/α-hetero) is 1. The minimum atomic E-state index is -4.77. The molecule has 1 aromatic rings. The SMILES string of the molecule is Cc1c(C(=O)C(F)(F)F)cc2n1CCC2. The summed E-state index contributed by atoms with van der Waals surface area (Å²) in [6.45, 7) is 2.28. The van der Waals surface area contributed by atoms with Crippen LogP contribution in [0.1, 0.15) is 28.2 Å². The lowest BCUT2D eigenvalue weighted by atomic mass is 10.1. The molecule has 0 atom stereocenters. The highest BCUT2D eigenvalue weighted by Gasteiger charge is 2.41. The molecule has 0 saturated carbocycles. The molecule has 0 aliphatic carbocycles. The van der Waals surface area contributed by atoms with Gasteiger partial charge in [0.2, 0.25) is 0 Å². The van der Waals surface area contributed by atoms with Crippen molar-refractivity contribution in [1.82, 2.24) is 4.57 Å². The Morgan fingerprint density at radius 1 is 1.47 bits per heavy atom.